The van der Waals surface area contributed by atoms with Gasteiger partial charge in [0.05, 0.1) is 5.39 Å². The molecule has 0 unspecified atom stereocenters. The Morgan fingerprint density at radius 1 is 1.04 bits per heavy atom. The van der Waals surface area contributed by atoms with E-state index in [9.17, 15) is 0 Å². The average molecular weight is 346 g/mol. The molecular weight excluding hydrogens is 326 g/mol. The zero-order valence-corrected chi connectivity index (χ0v) is 15.6. The minimum Gasteiger partial charge on any atom is -0.340 e. The van der Waals surface area contributed by atoms with Gasteiger partial charge in [-0.25, -0.2) is 4.98 Å². The Kier molecular flexibility index (Phi) is 4.07. The molecule has 0 radical (unpaired) electrons. The summed E-state index contributed by atoms with van der Waals surface area (Å²) in [5.41, 5.74) is 3.65. The van der Waals surface area contributed by atoms with Crippen molar-refractivity contribution in [2.45, 2.75) is 40.0 Å². The van der Waals surface area contributed by atoms with Gasteiger partial charge in [0.15, 0.2) is 0 Å². The first-order chi connectivity index (χ1) is 10.8. The molecule has 3 aromatic rings. The Morgan fingerprint density at radius 2 is 1.70 bits per heavy atom. The maximum Gasteiger partial charge on any atom is 0.225 e. The van der Waals surface area contributed by atoms with Crippen LogP contribution in [0.15, 0.2) is 24.3 Å². The summed E-state index contributed by atoms with van der Waals surface area (Å²) in [5.74, 6) is 0.769. The molecule has 0 aliphatic rings. The SMILES string of the molecule is Cc1sc2nc(Cl)nc(Nc3ccc(C(C)(C)C)cc3)c2c1C. The highest BCUT2D eigenvalue weighted by Crippen LogP contribution is 2.35. The second-order valence-electron chi connectivity index (χ2n) is 6.76. The molecule has 0 spiro atoms. The van der Waals surface area contributed by atoms with E-state index in [1.807, 2.05) is 0 Å². The molecular formula is C18H20ClN3S. The smallest absolute Gasteiger partial charge is 0.225 e. The van der Waals surface area contributed by atoms with Gasteiger partial charge in [-0.05, 0) is 54.1 Å². The van der Waals surface area contributed by atoms with Crippen LogP contribution in [0, 0.1) is 13.8 Å². The monoisotopic (exact) mass is 345 g/mol. The number of aromatic nitrogens is 2. The van der Waals surface area contributed by atoms with Gasteiger partial charge in [0.2, 0.25) is 5.28 Å². The third kappa shape index (κ3) is 3.19. The number of anilines is 2. The number of hydrogen-bond donors (Lipinski definition) is 1. The maximum atomic E-state index is 6.08. The summed E-state index contributed by atoms with van der Waals surface area (Å²) >= 11 is 7.73. The van der Waals surface area contributed by atoms with E-state index in [1.54, 1.807) is 11.3 Å². The van der Waals surface area contributed by atoms with Crippen LogP contribution in [0.3, 0.4) is 0 Å². The van der Waals surface area contributed by atoms with E-state index < -0.39 is 0 Å². The normalized spacial score (nSPS) is 11.9. The topological polar surface area (TPSA) is 37.8 Å². The van der Waals surface area contributed by atoms with Gasteiger partial charge in [0.1, 0.15) is 10.6 Å². The van der Waals surface area contributed by atoms with Crippen molar-refractivity contribution >= 4 is 44.7 Å². The van der Waals surface area contributed by atoms with Gasteiger partial charge in [0, 0.05) is 10.6 Å². The summed E-state index contributed by atoms with van der Waals surface area (Å²) in [7, 11) is 0. The molecule has 0 aliphatic carbocycles. The summed E-state index contributed by atoms with van der Waals surface area (Å²) in [4.78, 5) is 10.9. The Labute approximate surface area is 145 Å². The minimum atomic E-state index is 0.144. The average Bonchev–Trinajstić information content (AvgIpc) is 2.73. The molecule has 120 valence electrons. The van der Waals surface area contributed by atoms with Crippen molar-refractivity contribution in [3.05, 3.63) is 45.6 Å². The van der Waals surface area contributed by atoms with Crippen molar-refractivity contribution in [3.63, 3.8) is 0 Å². The zero-order valence-electron chi connectivity index (χ0n) is 14.0. The van der Waals surface area contributed by atoms with Gasteiger partial charge in [-0.15, -0.1) is 11.3 Å². The van der Waals surface area contributed by atoms with E-state index in [4.69, 9.17) is 11.6 Å². The molecule has 0 saturated carbocycles. The number of halogens is 1. The third-order valence-corrected chi connectivity index (χ3v) is 5.29. The molecule has 3 nitrogen and oxygen atoms in total. The van der Waals surface area contributed by atoms with Crippen molar-refractivity contribution in [1.29, 1.82) is 0 Å². The third-order valence-electron chi connectivity index (χ3n) is 4.02. The second kappa shape index (κ2) is 5.77. The first-order valence-electron chi connectivity index (χ1n) is 7.56. The summed E-state index contributed by atoms with van der Waals surface area (Å²) < 4.78 is 0. The van der Waals surface area contributed by atoms with Crippen LogP contribution in [0.1, 0.15) is 36.8 Å². The van der Waals surface area contributed by atoms with Crippen molar-refractivity contribution in [3.8, 4) is 0 Å². The van der Waals surface area contributed by atoms with Crippen LogP contribution in [0.5, 0.6) is 0 Å². The lowest BCUT2D eigenvalue weighted by molar-refractivity contribution is 0.590. The Balaban J connectivity index is 2.01. The first-order valence-corrected chi connectivity index (χ1v) is 8.76. The molecule has 0 aliphatic heterocycles. The van der Waals surface area contributed by atoms with E-state index in [2.05, 4.69) is 74.2 Å². The summed E-state index contributed by atoms with van der Waals surface area (Å²) in [6, 6.07) is 8.45. The largest absolute Gasteiger partial charge is 0.340 e. The van der Waals surface area contributed by atoms with E-state index in [0.29, 0.717) is 0 Å². The molecule has 1 N–H and O–H groups in total. The molecule has 2 heterocycles. The number of benzene rings is 1. The summed E-state index contributed by atoms with van der Waals surface area (Å²) in [6.45, 7) is 10.8. The standard InChI is InChI=1S/C18H20ClN3S/c1-10-11(2)23-16-14(10)15(21-17(19)22-16)20-13-8-6-12(7-9-13)18(3,4)5/h6-9H,1-5H3,(H,20,21,22). The number of aryl methyl sites for hydroxylation is 2. The highest BCUT2D eigenvalue weighted by molar-refractivity contribution is 7.18. The van der Waals surface area contributed by atoms with Gasteiger partial charge < -0.3 is 5.32 Å². The summed E-state index contributed by atoms with van der Waals surface area (Å²) in [6.07, 6.45) is 0. The number of hydrogen-bond acceptors (Lipinski definition) is 4. The predicted molar refractivity (Wildman–Crippen MR) is 100 cm³/mol. The molecule has 0 bridgehead atoms. The van der Waals surface area contributed by atoms with E-state index in [0.717, 1.165) is 21.7 Å². The van der Waals surface area contributed by atoms with Gasteiger partial charge in [-0.2, -0.15) is 4.98 Å². The lowest BCUT2D eigenvalue weighted by Gasteiger charge is -2.19. The van der Waals surface area contributed by atoms with Crippen LogP contribution in [0.2, 0.25) is 5.28 Å². The molecule has 2 aromatic heterocycles. The fourth-order valence-corrected chi connectivity index (χ4v) is 3.75. The Morgan fingerprint density at radius 3 is 2.30 bits per heavy atom. The fourth-order valence-electron chi connectivity index (χ4n) is 2.50. The van der Waals surface area contributed by atoms with Crippen molar-refractivity contribution in [2.75, 3.05) is 5.32 Å². The number of nitrogens with zero attached hydrogens (tertiary/aromatic N) is 2. The van der Waals surface area contributed by atoms with Crippen LogP contribution < -0.4 is 5.32 Å². The van der Waals surface area contributed by atoms with E-state index in [-0.39, 0.29) is 10.7 Å². The van der Waals surface area contributed by atoms with Crippen LogP contribution >= 0.6 is 22.9 Å². The number of thiophene rings is 1. The molecule has 0 saturated heterocycles. The lowest BCUT2D eigenvalue weighted by atomic mass is 9.87. The fraction of sp³-hybridized carbons (Fsp3) is 0.333. The Bertz CT molecular complexity index is 861. The van der Waals surface area contributed by atoms with Gasteiger partial charge in [-0.1, -0.05) is 32.9 Å². The highest BCUT2D eigenvalue weighted by Gasteiger charge is 2.15. The molecule has 0 atom stereocenters. The second-order valence-corrected chi connectivity index (χ2v) is 8.30. The van der Waals surface area contributed by atoms with E-state index >= 15 is 0 Å². The summed E-state index contributed by atoms with van der Waals surface area (Å²) in [5, 5.41) is 4.72. The van der Waals surface area contributed by atoms with Crippen molar-refractivity contribution < 1.29 is 0 Å². The number of nitrogens with one attached hydrogen (secondary N) is 1. The molecule has 0 amide bonds. The predicted octanol–water partition coefficient (Wildman–Crippen LogP) is 6.00. The van der Waals surface area contributed by atoms with Gasteiger partial charge in [-0.3, -0.25) is 0 Å². The zero-order chi connectivity index (χ0) is 16.8. The van der Waals surface area contributed by atoms with Gasteiger partial charge >= 0.3 is 0 Å². The van der Waals surface area contributed by atoms with Crippen LogP contribution in [-0.4, -0.2) is 9.97 Å². The first kappa shape index (κ1) is 16.2. The highest BCUT2D eigenvalue weighted by atomic mass is 35.5. The lowest BCUT2D eigenvalue weighted by Crippen LogP contribution is -2.10. The molecule has 3 rings (SSSR count). The van der Waals surface area contributed by atoms with Crippen LogP contribution in [0.4, 0.5) is 11.5 Å². The number of fused-ring (bicyclic) bond motifs is 1. The van der Waals surface area contributed by atoms with Crippen molar-refractivity contribution in [1.82, 2.24) is 9.97 Å². The molecule has 5 heteroatoms. The quantitative estimate of drug-likeness (QED) is 0.578. The van der Waals surface area contributed by atoms with Crippen LogP contribution in [-0.2, 0) is 5.41 Å². The minimum absolute atomic E-state index is 0.144. The maximum absolute atomic E-state index is 6.08. The molecule has 23 heavy (non-hydrogen) atoms. The van der Waals surface area contributed by atoms with Gasteiger partial charge in [0.25, 0.3) is 0 Å². The van der Waals surface area contributed by atoms with E-state index in [1.165, 1.54) is 16.0 Å². The number of rotatable bonds is 2. The van der Waals surface area contributed by atoms with Crippen molar-refractivity contribution in [2.24, 2.45) is 0 Å². The Hall–Kier alpha value is -1.65. The molecule has 1 aromatic carbocycles. The molecule has 0 fully saturated rings. The van der Waals surface area contributed by atoms with Crippen LogP contribution in [0.25, 0.3) is 10.2 Å².